The predicted molar refractivity (Wildman–Crippen MR) is 61.3 cm³/mol. The van der Waals surface area contributed by atoms with Crippen molar-refractivity contribution in [1.29, 1.82) is 0 Å². The highest BCUT2D eigenvalue weighted by atomic mass is 32.3. The molecule has 1 aromatic rings. The van der Waals surface area contributed by atoms with Gasteiger partial charge in [0.1, 0.15) is 12.4 Å². The van der Waals surface area contributed by atoms with E-state index in [1.54, 1.807) is 0 Å². The lowest BCUT2D eigenvalue weighted by Crippen LogP contribution is -2.30. The number of aromatic nitrogens is 2. The quantitative estimate of drug-likeness (QED) is 0.338. The monoisotopic (exact) mass is 264 g/mol. The van der Waals surface area contributed by atoms with Gasteiger partial charge in [-0.3, -0.25) is 8.42 Å². The van der Waals surface area contributed by atoms with Gasteiger partial charge in [0, 0.05) is 10.4 Å². The van der Waals surface area contributed by atoms with Crippen molar-refractivity contribution in [3.05, 3.63) is 18.7 Å². The van der Waals surface area contributed by atoms with E-state index in [0.29, 0.717) is 0 Å². The van der Waals surface area contributed by atoms with E-state index in [2.05, 4.69) is 41.8 Å². The number of aryl methyl sites for hydroxylation is 2. The van der Waals surface area contributed by atoms with Crippen LogP contribution in [0.2, 0.25) is 0 Å². The van der Waals surface area contributed by atoms with Crippen LogP contribution in [0.3, 0.4) is 0 Å². The highest BCUT2D eigenvalue weighted by Crippen LogP contribution is 1.97. The molecular weight excluding hydrogens is 244 g/mol. The first kappa shape index (κ1) is 16.1. The van der Waals surface area contributed by atoms with Crippen LogP contribution in [0.5, 0.6) is 0 Å². The van der Waals surface area contributed by atoms with Crippen LogP contribution in [0, 0.1) is 0 Å². The molecule has 0 fully saturated rings. The van der Waals surface area contributed by atoms with Crippen molar-refractivity contribution in [2.45, 2.75) is 39.2 Å². The van der Waals surface area contributed by atoms with Gasteiger partial charge >= 0.3 is 1.43 Å². The molecule has 1 rings (SSSR count). The third-order valence-corrected chi connectivity index (χ3v) is 2.09. The molecule has 0 aliphatic heterocycles. The van der Waals surface area contributed by atoms with Gasteiger partial charge < -0.3 is 9.11 Å². The largest absolute Gasteiger partial charge is 1.00 e. The molecule has 0 unspecified atom stereocenters. The third kappa shape index (κ3) is 13.0. The van der Waals surface area contributed by atoms with Crippen LogP contribution in [0.1, 0.15) is 34.0 Å². The molecule has 0 bridgehead atoms. The molecule has 6 nitrogen and oxygen atoms in total. The first-order valence-electron chi connectivity index (χ1n) is 5.50. The Bertz CT molecular complexity index is 398. The topological polar surface area (TPSA) is 89.1 Å². The highest BCUT2D eigenvalue weighted by molar-refractivity contribution is 7.79. The summed E-state index contributed by atoms with van der Waals surface area (Å²) in [4.78, 5) is 0. The fourth-order valence-corrected chi connectivity index (χ4v) is 1.36. The van der Waals surface area contributed by atoms with Gasteiger partial charge in [-0.05, 0) is 12.8 Å². The number of hydrogen-bond acceptors (Lipinski definition) is 4. The zero-order valence-corrected chi connectivity index (χ0v) is 11.0. The molecule has 0 aliphatic carbocycles. The maximum Gasteiger partial charge on any atom is 1.00 e. The summed E-state index contributed by atoms with van der Waals surface area (Å²) >= 11 is 0. The van der Waals surface area contributed by atoms with Gasteiger partial charge in [0.25, 0.3) is 0 Å². The standard InChI is InChI=1S/C10H19N2.H2O4S/c1-3-4-5-6-7-12-9-8-11(2)10-12;1-5(2,3)4/h8-10H,3-7H2,1-2H3;(H2,1,2,3,4)/q+1;/p-1. The maximum atomic E-state index is 8.52. The molecule has 0 N–H and O–H groups in total. The molecule has 0 atom stereocenters. The molecule has 1 heterocycles. The van der Waals surface area contributed by atoms with E-state index in [1.807, 2.05) is 0 Å². The smallest absolute Gasteiger partial charge is 0.759 e. The summed E-state index contributed by atoms with van der Waals surface area (Å²) in [6.07, 6.45) is 11.7. The second-order valence-corrected chi connectivity index (χ2v) is 4.60. The Kier molecular flexibility index (Phi) is 7.77. The van der Waals surface area contributed by atoms with E-state index in [-0.39, 0.29) is 1.43 Å². The number of imidazole rings is 1. The predicted octanol–water partition coefficient (Wildman–Crippen LogP) is 0.667. The second kappa shape index (κ2) is 8.21. The van der Waals surface area contributed by atoms with Crippen molar-refractivity contribution in [2.24, 2.45) is 7.05 Å². The van der Waals surface area contributed by atoms with Gasteiger partial charge in [-0.15, -0.1) is 0 Å². The van der Waals surface area contributed by atoms with Crippen LogP contribution >= 0.6 is 0 Å². The van der Waals surface area contributed by atoms with Gasteiger partial charge in [0.2, 0.25) is 6.33 Å². The van der Waals surface area contributed by atoms with Crippen molar-refractivity contribution in [3.8, 4) is 0 Å². The van der Waals surface area contributed by atoms with E-state index < -0.39 is 10.4 Å². The van der Waals surface area contributed by atoms with Gasteiger partial charge in [-0.25, -0.2) is 9.13 Å². The van der Waals surface area contributed by atoms with Crippen LogP contribution < -0.4 is 4.57 Å². The Balaban J connectivity index is 0. The van der Waals surface area contributed by atoms with Crippen molar-refractivity contribution >= 4 is 10.4 Å². The van der Waals surface area contributed by atoms with Gasteiger partial charge in [-0.1, -0.05) is 19.8 Å². The van der Waals surface area contributed by atoms with Crippen molar-refractivity contribution in [1.82, 2.24) is 4.57 Å². The second-order valence-electron chi connectivity index (χ2n) is 3.79. The molecule has 0 aromatic carbocycles. The molecule has 100 valence electrons. The lowest BCUT2D eigenvalue weighted by molar-refractivity contribution is -0.696. The molecule has 0 amide bonds. The summed E-state index contributed by atoms with van der Waals surface area (Å²) in [6, 6.07) is 0. The van der Waals surface area contributed by atoms with Crippen LogP contribution in [0.15, 0.2) is 18.7 Å². The minimum atomic E-state index is -5.17. The average Bonchev–Trinajstić information content (AvgIpc) is 2.56. The van der Waals surface area contributed by atoms with Crippen LogP contribution in [-0.4, -0.2) is 22.1 Å². The number of hydrogen-bond donors (Lipinski definition) is 0. The molecule has 0 spiro atoms. The fraction of sp³-hybridized carbons (Fsp3) is 0.700. The molecule has 0 saturated heterocycles. The molecule has 0 saturated carbocycles. The molecule has 17 heavy (non-hydrogen) atoms. The maximum absolute atomic E-state index is 8.52. The number of nitrogens with zero attached hydrogens (tertiary/aromatic N) is 2. The van der Waals surface area contributed by atoms with Crippen LogP contribution in [0.25, 0.3) is 0 Å². The summed E-state index contributed by atoms with van der Waals surface area (Å²) in [5, 5.41) is 0. The molecule has 0 radical (unpaired) electrons. The van der Waals surface area contributed by atoms with Gasteiger partial charge in [0.05, 0.1) is 13.6 Å². The Labute approximate surface area is 104 Å². The van der Waals surface area contributed by atoms with Crippen molar-refractivity contribution in [2.75, 3.05) is 0 Å². The van der Waals surface area contributed by atoms with Crippen LogP contribution in [-0.2, 0) is 24.0 Å². The van der Waals surface area contributed by atoms with E-state index >= 15 is 0 Å². The minimum Gasteiger partial charge on any atom is -0.759 e. The molecule has 0 aliphatic rings. The van der Waals surface area contributed by atoms with E-state index in [9.17, 15) is 0 Å². The SMILES string of the molecule is CCCCCC[n+]1ccn(C)c1.O=S(=O)([O-])[O-].[H+]. The first-order chi connectivity index (χ1) is 7.83. The first-order valence-corrected chi connectivity index (χ1v) is 6.84. The summed E-state index contributed by atoms with van der Waals surface area (Å²) < 4.78 is 38.4. The summed E-state index contributed by atoms with van der Waals surface area (Å²) in [5.41, 5.74) is 0. The van der Waals surface area contributed by atoms with E-state index in [1.165, 1.54) is 32.2 Å². The van der Waals surface area contributed by atoms with Crippen molar-refractivity contribution in [3.63, 3.8) is 0 Å². The molecule has 1 aromatic heterocycles. The third-order valence-electron chi connectivity index (χ3n) is 2.09. The molecule has 7 heteroatoms. The van der Waals surface area contributed by atoms with Crippen LogP contribution in [0.4, 0.5) is 0 Å². The normalized spacial score (nSPS) is 10.8. The Hall–Kier alpha value is -0.920. The van der Waals surface area contributed by atoms with Gasteiger partial charge in [0.15, 0.2) is 0 Å². The highest BCUT2D eigenvalue weighted by Gasteiger charge is 1.97. The average molecular weight is 264 g/mol. The Morgan fingerprint density at radius 1 is 1.29 bits per heavy atom. The lowest BCUT2D eigenvalue weighted by atomic mass is 10.2. The van der Waals surface area contributed by atoms with E-state index in [0.717, 1.165) is 0 Å². The van der Waals surface area contributed by atoms with E-state index in [4.69, 9.17) is 17.5 Å². The van der Waals surface area contributed by atoms with Gasteiger partial charge in [-0.2, -0.15) is 0 Å². The Morgan fingerprint density at radius 2 is 1.88 bits per heavy atom. The minimum absolute atomic E-state index is 0. The number of unbranched alkanes of at least 4 members (excludes halogenated alkanes) is 3. The lowest BCUT2D eigenvalue weighted by Gasteiger charge is -2.06. The fourth-order valence-electron chi connectivity index (χ4n) is 1.36. The molecular formula is C10H20N2O4S. The summed E-state index contributed by atoms with van der Waals surface area (Å²) in [7, 11) is -3.11. The van der Waals surface area contributed by atoms with Crippen molar-refractivity contribution < 1.29 is 23.5 Å². The zero-order valence-electron chi connectivity index (χ0n) is 11.2. The summed E-state index contributed by atoms with van der Waals surface area (Å²) in [6.45, 7) is 3.41. The number of rotatable bonds is 5. The Morgan fingerprint density at radius 3 is 2.29 bits per heavy atom. The zero-order chi connectivity index (χ0) is 13.3. The summed E-state index contributed by atoms with van der Waals surface area (Å²) in [5.74, 6) is 0.